The molecule has 7 nitrogen and oxygen atoms in total. The zero-order chi connectivity index (χ0) is 22.9. The van der Waals surface area contributed by atoms with Gasteiger partial charge in [-0.3, -0.25) is 9.59 Å². The third kappa shape index (κ3) is 4.20. The molecule has 32 heavy (non-hydrogen) atoms. The van der Waals surface area contributed by atoms with Crippen molar-refractivity contribution in [3.63, 3.8) is 0 Å². The highest BCUT2D eigenvalue weighted by molar-refractivity contribution is 5.90. The lowest BCUT2D eigenvalue weighted by molar-refractivity contribution is -0.141. The number of aliphatic carboxylic acids is 1. The van der Waals surface area contributed by atoms with Gasteiger partial charge < -0.3 is 20.5 Å². The van der Waals surface area contributed by atoms with E-state index in [1.54, 1.807) is 13.8 Å². The van der Waals surface area contributed by atoms with Gasteiger partial charge in [-0.25, -0.2) is 4.79 Å². The zero-order valence-corrected chi connectivity index (χ0v) is 18.3. The third-order valence-corrected chi connectivity index (χ3v) is 6.50. The molecule has 4 rings (SSSR count). The van der Waals surface area contributed by atoms with Crippen LogP contribution in [0.2, 0.25) is 0 Å². The van der Waals surface area contributed by atoms with Crippen molar-refractivity contribution in [2.75, 3.05) is 6.61 Å². The molecule has 0 unspecified atom stereocenters. The summed E-state index contributed by atoms with van der Waals surface area (Å²) >= 11 is 0. The molecule has 2 aliphatic carbocycles. The van der Waals surface area contributed by atoms with Crippen molar-refractivity contribution in [2.45, 2.75) is 56.5 Å². The molecule has 0 atom stereocenters. The SMILES string of the molecule is CC(C)(NC(=O)OCC1c2ccccc2-c2ccccc21)C(=O)NC1(CC(=O)O)CCC1. The van der Waals surface area contributed by atoms with E-state index in [2.05, 4.69) is 22.8 Å². The predicted octanol–water partition coefficient (Wildman–Crippen LogP) is 3.82. The number of rotatable bonds is 7. The standard InChI is InChI=1S/C25H28N2O5/c1-24(2,22(30)26-25(12-7-13-25)14-21(28)29)27-23(31)32-15-20-18-10-5-3-8-16(18)17-9-4-6-11-19(17)20/h3-6,8-11,20H,7,12-15H2,1-2H3,(H,26,30)(H,27,31)(H,28,29). The average Bonchev–Trinajstić information content (AvgIpc) is 3.04. The van der Waals surface area contributed by atoms with E-state index in [4.69, 9.17) is 9.84 Å². The topological polar surface area (TPSA) is 105 Å². The second kappa shape index (κ2) is 8.30. The summed E-state index contributed by atoms with van der Waals surface area (Å²) in [6.45, 7) is 3.31. The monoisotopic (exact) mass is 436 g/mol. The van der Waals surface area contributed by atoms with E-state index < -0.39 is 29.0 Å². The first-order valence-corrected chi connectivity index (χ1v) is 10.9. The summed E-state index contributed by atoms with van der Waals surface area (Å²) in [5, 5.41) is 14.6. The first kappa shape index (κ1) is 21.9. The lowest BCUT2D eigenvalue weighted by Gasteiger charge is -2.43. The van der Waals surface area contributed by atoms with E-state index in [1.165, 1.54) is 0 Å². The molecule has 168 valence electrons. The van der Waals surface area contributed by atoms with Crippen LogP contribution in [0.1, 0.15) is 56.6 Å². The number of benzene rings is 2. The average molecular weight is 437 g/mol. The molecule has 2 aliphatic rings. The molecule has 1 fully saturated rings. The molecule has 2 aromatic rings. The summed E-state index contributed by atoms with van der Waals surface area (Å²) in [4.78, 5) is 36.5. The summed E-state index contributed by atoms with van der Waals surface area (Å²) in [5.74, 6) is -1.45. The van der Waals surface area contributed by atoms with Crippen LogP contribution < -0.4 is 10.6 Å². The minimum absolute atomic E-state index is 0.0705. The van der Waals surface area contributed by atoms with Crippen LogP contribution in [0, 0.1) is 0 Å². The number of carbonyl (C=O) groups excluding carboxylic acids is 2. The number of hydrogen-bond donors (Lipinski definition) is 3. The Morgan fingerprint density at radius 2 is 1.59 bits per heavy atom. The van der Waals surface area contributed by atoms with Crippen molar-refractivity contribution < 1.29 is 24.2 Å². The number of carboxylic acids is 1. The molecular weight excluding hydrogens is 408 g/mol. The number of ether oxygens (including phenoxy) is 1. The molecule has 0 spiro atoms. The fourth-order valence-electron chi connectivity index (χ4n) is 4.58. The number of hydrogen-bond acceptors (Lipinski definition) is 4. The van der Waals surface area contributed by atoms with Gasteiger partial charge in [0.15, 0.2) is 0 Å². The zero-order valence-electron chi connectivity index (χ0n) is 18.3. The molecule has 0 saturated heterocycles. The molecule has 0 aliphatic heterocycles. The minimum atomic E-state index is -1.25. The van der Waals surface area contributed by atoms with E-state index in [0.717, 1.165) is 28.7 Å². The van der Waals surface area contributed by atoms with Gasteiger partial charge in [0.05, 0.1) is 12.0 Å². The van der Waals surface area contributed by atoms with Crippen molar-refractivity contribution in [1.29, 1.82) is 0 Å². The van der Waals surface area contributed by atoms with E-state index in [9.17, 15) is 14.4 Å². The van der Waals surface area contributed by atoms with E-state index in [-0.39, 0.29) is 18.9 Å². The van der Waals surface area contributed by atoms with Crippen molar-refractivity contribution in [1.82, 2.24) is 10.6 Å². The molecule has 0 bridgehead atoms. The van der Waals surface area contributed by atoms with Gasteiger partial charge in [0.25, 0.3) is 0 Å². The van der Waals surface area contributed by atoms with Crippen LogP contribution in [-0.2, 0) is 14.3 Å². The highest BCUT2D eigenvalue weighted by Crippen LogP contribution is 2.44. The Kier molecular flexibility index (Phi) is 5.67. The van der Waals surface area contributed by atoms with Gasteiger partial charge in [0, 0.05) is 5.92 Å². The van der Waals surface area contributed by atoms with Crippen molar-refractivity contribution in [3.8, 4) is 11.1 Å². The Hall–Kier alpha value is -3.35. The lowest BCUT2D eigenvalue weighted by Crippen LogP contribution is -2.63. The van der Waals surface area contributed by atoms with Crippen molar-refractivity contribution in [2.24, 2.45) is 0 Å². The number of nitrogens with one attached hydrogen (secondary N) is 2. The Labute approximate surface area is 187 Å². The first-order chi connectivity index (χ1) is 15.2. The Morgan fingerprint density at radius 3 is 2.09 bits per heavy atom. The first-order valence-electron chi connectivity index (χ1n) is 10.9. The number of carbonyl (C=O) groups is 3. The maximum absolute atomic E-state index is 12.8. The van der Waals surface area contributed by atoms with Gasteiger partial charge in [-0.15, -0.1) is 0 Å². The van der Waals surface area contributed by atoms with Gasteiger partial charge >= 0.3 is 12.1 Å². The number of fused-ring (bicyclic) bond motifs is 3. The van der Waals surface area contributed by atoms with Crippen LogP contribution in [-0.4, -0.2) is 40.8 Å². The Bertz CT molecular complexity index is 1010. The number of amides is 2. The molecule has 3 N–H and O–H groups in total. The minimum Gasteiger partial charge on any atom is -0.481 e. The summed E-state index contributed by atoms with van der Waals surface area (Å²) < 4.78 is 5.54. The van der Waals surface area contributed by atoms with Gasteiger partial charge in [-0.1, -0.05) is 48.5 Å². The second-order valence-corrected chi connectivity index (χ2v) is 9.23. The van der Waals surface area contributed by atoms with Crippen LogP contribution in [0.4, 0.5) is 4.79 Å². The van der Waals surface area contributed by atoms with Gasteiger partial charge in [0.1, 0.15) is 12.1 Å². The number of carboxylic acid groups (broad SMARTS) is 1. The summed E-state index contributed by atoms with van der Waals surface area (Å²) in [6, 6.07) is 16.1. The van der Waals surface area contributed by atoms with Crippen molar-refractivity contribution in [3.05, 3.63) is 59.7 Å². The fourth-order valence-corrected chi connectivity index (χ4v) is 4.58. The lowest BCUT2D eigenvalue weighted by atomic mass is 9.74. The van der Waals surface area contributed by atoms with E-state index in [1.807, 2.05) is 36.4 Å². The van der Waals surface area contributed by atoms with Gasteiger partial charge in [-0.05, 0) is 55.4 Å². The molecule has 7 heteroatoms. The van der Waals surface area contributed by atoms with Crippen LogP contribution in [0.5, 0.6) is 0 Å². The highest BCUT2D eigenvalue weighted by atomic mass is 16.5. The van der Waals surface area contributed by atoms with Crippen LogP contribution in [0.3, 0.4) is 0 Å². The van der Waals surface area contributed by atoms with Gasteiger partial charge in [-0.2, -0.15) is 0 Å². The molecular formula is C25H28N2O5. The quantitative estimate of drug-likeness (QED) is 0.612. The molecule has 0 heterocycles. The number of alkyl carbamates (subject to hydrolysis) is 1. The molecule has 0 aromatic heterocycles. The van der Waals surface area contributed by atoms with E-state index in [0.29, 0.717) is 12.8 Å². The molecule has 2 amide bonds. The Balaban J connectivity index is 1.38. The summed E-state index contributed by atoms with van der Waals surface area (Å²) in [6.07, 6.45) is 1.29. The predicted molar refractivity (Wildman–Crippen MR) is 119 cm³/mol. The van der Waals surface area contributed by atoms with Crippen LogP contribution >= 0.6 is 0 Å². The normalized spacial score (nSPS) is 16.3. The highest BCUT2D eigenvalue weighted by Gasteiger charge is 2.43. The fraction of sp³-hybridized carbons (Fsp3) is 0.400. The van der Waals surface area contributed by atoms with Crippen LogP contribution in [0.15, 0.2) is 48.5 Å². The molecule has 1 saturated carbocycles. The largest absolute Gasteiger partial charge is 0.481 e. The van der Waals surface area contributed by atoms with Crippen LogP contribution in [0.25, 0.3) is 11.1 Å². The summed E-state index contributed by atoms with van der Waals surface area (Å²) in [5.41, 5.74) is 2.52. The maximum Gasteiger partial charge on any atom is 0.408 e. The molecule has 2 aromatic carbocycles. The van der Waals surface area contributed by atoms with Crippen molar-refractivity contribution >= 4 is 18.0 Å². The molecule has 0 radical (unpaired) electrons. The van der Waals surface area contributed by atoms with E-state index >= 15 is 0 Å². The third-order valence-electron chi connectivity index (χ3n) is 6.50. The maximum atomic E-state index is 12.8. The Morgan fingerprint density at radius 1 is 1.03 bits per heavy atom. The van der Waals surface area contributed by atoms with Gasteiger partial charge in [0.2, 0.25) is 5.91 Å². The second-order valence-electron chi connectivity index (χ2n) is 9.23. The smallest absolute Gasteiger partial charge is 0.408 e. The summed E-state index contributed by atoms with van der Waals surface area (Å²) in [7, 11) is 0.